The number of benzene rings is 1. The van der Waals surface area contributed by atoms with Gasteiger partial charge in [-0.3, -0.25) is 0 Å². The SMILES string of the molecule is O=C(OCc1ccccc1)N1CCN(C(F)(F)F)CC1. The van der Waals surface area contributed by atoms with Gasteiger partial charge in [0.25, 0.3) is 0 Å². The van der Waals surface area contributed by atoms with Crippen molar-refractivity contribution in [2.75, 3.05) is 26.2 Å². The Kier molecular flexibility index (Phi) is 4.49. The predicted octanol–water partition coefficient (Wildman–Crippen LogP) is 2.46. The van der Waals surface area contributed by atoms with E-state index >= 15 is 0 Å². The molecule has 20 heavy (non-hydrogen) atoms. The van der Waals surface area contributed by atoms with Gasteiger partial charge in [-0.15, -0.1) is 0 Å². The molecule has 1 fully saturated rings. The maximum atomic E-state index is 12.4. The summed E-state index contributed by atoms with van der Waals surface area (Å²) < 4.78 is 42.4. The van der Waals surface area contributed by atoms with E-state index in [1.165, 1.54) is 4.90 Å². The first-order valence-corrected chi connectivity index (χ1v) is 6.24. The van der Waals surface area contributed by atoms with Crippen molar-refractivity contribution >= 4 is 6.09 Å². The molecule has 1 heterocycles. The number of nitrogens with zero attached hydrogens (tertiary/aromatic N) is 2. The number of hydrogen-bond donors (Lipinski definition) is 0. The zero-order chi connectivity index (χ0) is 14.6. The number of halogens is 3. The molecular formula is C13H15F3N2O2. The second kappa shape index (κ2) is 6.13. The molecule has 0 saturated carbocycles. The van der Waals surface area contributed by atoms with Gasteiger partial charge in [-0.05, 0) is 5.56 Å². The maximum absolute atomic E-state index is 12.4. The Morgan fingerprint density at radius 3 is 2.25 bits per heavy atom. The maximum Gasteiger partial charge on any atom is 0.460 e. The topological polar surface area (TPSA) is 32.8 Å². The Hall–Kier alpha value is -1.76. The molecule has 2 rings (SSSR count). The first-order chi connectivity index (χ1) is 9.47. The lowest BCUT2D eigenvalue weighted by Crippen LogP contribution is -2.53. The van der Waals surface area contributed by atoms with E-state index in [1.54, 1.807) is 0 Å². The van der Waals surface area contributed by atoms with Crippen molar-refractivity contribution in [1.29, 1.82) is 0 Å². The highest BCUT2D eigenvalue weighted by Gasteiger charge is 2.39. The Bertz CT molecular complexity index is 443. The van der Waals surface area contributed by atoms with E-state index in [4.69, 9.17) is 4.74 Å². The van der Waals surface area contributed by atoms with Crippen LogP contribution in [0.1, 0.15) is 5.56 Å². The molecule has 0 spiro atoms. The monoisotopic (exact) mass is 288 g/mol. The molecule has 0 radical (unpaired) electrons. The molecule has 1 saturated heterocycles. The van der Waals surface area contributed by atoms with Gasteiger partial charge in [0.05, 0.1) is 0 Å². The highest BCUT2D eigenvalue weighted by molar-refractivity contribution is 5.67. The number of carbonyl (C=O) groups excluding carboxylic acids is 1. The van der Waals surface area contributed by atoms with Crippen molar-refractivity contribution in [2.45, 2.75) is 12.9 Å². The third-order valence-corrected chi connectivity index (χ3v) is 3.10. The highest BCUT2D eigenvalue weighted by atomic mass is 19.4. The second-order valence-corrected chi connectivity index (χ2v) is 4.48. The first-order valence-electron chi connectivity index (χ1n) is 6.24. The van der Waals surface area contributed by atoms with E-state index in [9.17, 15) is 18.0 Å². The van der Waals surface area contributed by atoms with Crippen LogP contribution >= 0.6 is 0 Å². The van der Waals surface area contributed by atoms with Gasteiger partial charge >= 0.3 is 12.4 Å². The third-order valence-electron chi connectivity index (χ3n) is 3.10. The van der Waals surface area contributed by atoms with Crippen LogP contribution in [0, 0.1) is 0 Å². The van der Waals surface area contributed by atoms with Crippen LogP contribution in [0.4, 0.5) is 18.0 Å². The van der Waals surface area contributed by atoms with Crippen molar-refractivity contribution < 1.29 is 22.7 Å². The number of alkyl halides is 3. The molecule has 1 aliphatic rings. The zero-order valence-electron chi connectivity index (χ0n) is 10.8. The number of hydrogen-bond acceptors (Lipinski definition) is 3. The number of ether oxygens (including phenoxy) is 1. The lowest BCUT2D eigenvalue weighted by molar-refractivity contribution is -0.251. The fourth-order valence-electron chi connectivity index (χ4n) is 1.95. The second-order valence-electron chi connectivity index (χ2n) is 4.48. The smallest absolute Gasteiger partial charge is 0.445 e. The molecule has 1 aliphatic heterocycles. The van der Waals surface area contributed by atoms with Crippen molar-refractivity contribution in [3.05, 3.63) is 35.9 Å². The number of piperazine rings is 1. The van der Waals surface area contributed by atoms with Crippen LogP contribution in [0.25, 0.3) is 0 Å². The van der Waals surface area contributed by atoms with Crippen LogP contribution in [0.2, 0.25) is 0 Å². The van der Waals surface area contributed by atoms with Gasteiger partial charge in [0.15, 0.2) is 0 Å². The Labute approximate surface area is 114 Å². The van der Waals surface area contributed by atoms with E-state index in [1.807, 2.05) is 30.3 Å². The van der Waals surface area contributed by atoms with Crippen molar-refractivity contribution in [2.24, 2.45) is 0 Å². The van der Waals surface area contributed by atoms with Gasteiger partial charge in [-0.25, -0.2) is 9.69 Å². The average molecular weight is 288 g/mol. The van der Waals surface area contributed by atoms with Crippen LogP contribution in [0.3, 0.4) is 0 Å². The summed E-state index contributed by atoms with van der Waals surface area (Å²) in [7, 11) is 0. The summed E-state index contributed by atoms with van der Waals surface area (Å²) >= 11 is 0. The number of carbonyl (C=O) groups is 1. The zero-order valence-corrected chi connectivity index (χ0v) is 10.8. The van der Waals surface area contributed by atoms with Gasteiger partial charge in [0.1, 0.15) is 6.61 Å². The normalized spacial score (nSPS) is 17.1. The molecule has 0 atom stereocenters. The Morgan fingerprint density at radius 1 is 1.10 bits per heavy atom. The molecule has 0 N–H and O–H groups in total. The van der Waals surface area contributed by atoms with Gasteiger partial charge in [0.2, 0.25) is 0 Å². The Balaban J connectivity index is 1.78. The summed E-state index contributed by atoms with van der Waals surface area (Å²) in [5, 5.41) is 0. The van der Waals surface area contributed by atoms with E-state index in [2.05, 4.69) is 0 Å². The van der Waals surface area contributed by atoms with Crippen molar-refractivity contribution in [3.8, 4) is 0 Å². The van der Waals surface area contributed by atoms with Gasteiger partial charge in [-0.2, -0.15) is 13.2 Å². The molecular weight excluding hydrogens is 273 g/mol. The minimum atomic E-state index is -4.33. The molecule has 1 aromatic rings. The molecule has 7 heteroatoms. The molecule has 110 valence electrons. The van der Waals surface area contributed by atoms with Gasteiger partial charge < -0.3 is 9.64 Å². The summed E-state index contributed by atoms with van der Waals surface area (Å²) in [5.41, 5.74) is 0.842. The lowest BCUT2D eigenvalue weighted by Gasteiger charge is -2.34. The standard InChI is InChI=1S/C13H15F3N2O2/c14-13(15,16)18-8-6-17(7-9-18)12(19)20-10-11-4-2-1-3-5-11/h1-5H,6-10H2. The van der Waals surface area contributed by atoms with E-state index < -0.39 is 12.4 Å². The van der Waals surface area contributed by atoms with Gasteiger partial charge in [-0.1, -0.05) is 30.3 Å². The van der Waals surface area contributed by atoms with Crippen LogP contribution in [-0.4, -0.2) is 48.4 Å². The minimum Gasteiger partial charge on any atom is -0.445 e. The van der Waals surface area contributed by atoms with E-state index in [-0.39, 0.29) is 32.8 Å². The largest absolute Gasteiger partial charge is 0.460 e. The summed E-state index contributed by atoms with van der Waals surface area (Å²) in [6.07, 6.45) is -4.91. The number of rotatable bonds is 2. The molecule has 0 aromatic heterocycles. The van der Waals surface area contributed by atoms with Crippen LogP contribution in [0.5, 0.6) is 0 Å². The summed E-state index contributed by atoms with van der Waals surface area (Å²) in [5.74, 6) is 0. The van der Waals surface area contributed by atoms with Crippen LogP contribution in [-0.2, 0) is 11.3 Å². The summed E-state index contributed by atoms with van der Waals surface area (Å²) in [4.78, 5) is 13.4. The fraction of sp³-hybridized carbons (Fsp3) is 0.462. The molecule has 0 aliphatic carbocycles. The summed E-state index contributed by atoms with van der Waals surface area (Å²) in [6, 6.07) is 9.13. The van der Waals surface area contributed by atoms with Crippen LogP contribution in [0.15, 0.2) is 30.3 Å². The van der Waals surface area contributed by atoms with Crippen molar-refractivity contribution in [3.63, 3.8) is 0 Å². The van der Waals surface area contributed by atoms with Crippen LogP contribution < -0.4 is 0 Å². The predicted molar refractivity (Wildman–Crippen MR) is 65.8 cm³/mol. The highest BCUT2D eigenvalue weighted by Crippen LogP contribution is 2.22. The lowest BCUT2D eigenvalue weighted by atomic mass is 10.2. The third kappa shape index (κ3) is 3.86. The van der Waals surface area contributed by atoms with E-state index in [0.717, 1.165) is 5.56 Å². The van der Waals surface area contributed by atoms with Crippen molar-refractivity contribution in [1.82, 2.24) is 9.80 Å². The quantitative estimate of drug-likeness (QED) is 0.784. The molecule has 1 amide bonds. The minimum absolute atomic E-state index is 0.0210. The molecule has 0 bridgehead atoms. The molecule has 0 unspecified atom stereocenters. The van der Waals surface area contributed by atoms with E-state index in [0.29, 0.717) is 4.90 Å². The molecule has 1 aromatic carbocycles. The average Bonchev–Trinajstić information content (AvgIpc) is 2.45. The van der Waals surface area contributed by atoms with Gasteiger partial charge in [0, 0.05) is 26.2 Å². The summed E-state index contributed by atoms with van der Waals surface area (Å²) in [6.45, 7) is -0.271. The fourth-order valence-corrected chi connectivity index (χ4v) is 1.95. The number of amides is 1. The Morgan fingerprint density at radius 2 is 1.70 bits per heavy atom. The molecule has 4 nitrogen and oxygen atoms in total. The first kappa shape index (κ1) is 14.6.